The third-order valence-corrected chi connectivity index (χ3v) is 2.35. The molecule has 0 fully saturated rings. The zero-order chi connectivity index (χ0) is 12.4. The summed E-state index contributed by atoms with van der Waals surface area (Å²) in [5, 5.41) is 3.35. The number of benzene rings is 1. The molecule has 0 amide bonds. The standard InChI is InChI=1S/C11H8Cl2FN3/c1-6-2-10(17-11(13)15-6)16-9-4-7(12)3-8(14)5-9/h2-5H,1H3,(H,15,16,17). The molecule has 2 rings (SSSR count). The van der Waals surface area contributed by atoms with Crippen LogP contribution in [0.5, 0.6) is 0 Å². The zero-order valence-corrected chi connectivity index (χ0v) is 10.3. The lowest BCUT2D eigenvalue weighted by atomic mass is 10.3. The van der Waals surface area contributed by atoms with E-state index in [1.165, 1.54) is 12.1 Å². The monoisotopic (exact) mass is 271 g/mol. The number of halogens is 3. The number of anilines is 2. The lowest BCUT2D eigenvalue weighted by molar-refractivity contribution is 0.628. The lowest BCUT2D eigenvalue weighted by Crippen LogP contribution is -1.97. The topological polar surface area (TPSA) is 37.8 Å². The molecule has 0 atom stereocenters. The minimum atomic E-state index is -0.420. The highest BCUT2D eigenvalue weighted by Crippen LogP contribution is 2.21. The van der Waals surface area contributed by atoms with E-state index in [0.717, 1.165) is 5.69 Å². The van der Waals surface area contributed by atoms with Gasteiger partial charge in [-0.05, 0) is 36.7 Å². The lowest BCUT2D eigenvalue weighted by Gasteiger charge is -2.07. The largest absolute Gasteiger partial charge is 0.340 e. The zero-order valence-electron chi connectivity index (χ0n) is 8.84. The van der Waals surface area contributed by atoms with Crippen LogP contribution < -0.4 is 5.32 Å². The Hall–Kier alpha value is -1.39. The average molecular weight is 272 g/mol. The summed E-state index contributed by atoms with van der Waals surface area (Å²) in [6, 6.07) is 5.84. The molecule has 0 spiro atoms. The number of nitrogens with one attached hydrogen (secondary N) is 1. The van der Waals surface area contributed by atoms with E-state index in [1.807, 2.05) is 0 Å². The summed E-state index contributed by atoms with van der Waals surface area (Å²) in [4.78, 5) is 7.89. The van der Waals surface area contributed by atoms with E-state index < -0.39 is 5.82 Å². The minimum Gasteiger partial charge on any atom is -0.340 e. The summed E-state index contributed by atoms with van der Waals surface area (Å²) >= 11 is 11.5. The van der Waals surface area contributed by atoms with Crippen LogP contribution in [0.25, 0.3) is 0 Å². The molecule has 0 saturated heterocycles. The molecule has 17 heavy (non-hydrogen) atoms. The summed E-state index contributed by atoms with van der Waals surface area (Å²) in [7, 11) is 0. The second-order valence-electron chi connectivity index (χ2n) is 3.45. The fourth-order valence-electron chi connectivity index (χ4n) is 1.37. The number of nitrogens with zero attached hydrogens (tertiary/aromatic N) is 2. The number of aryl methyl sites for hydroxylation is 1. The van der Waals surface area contributed by atoms with Gasteiger partial charge in [0.1, 0.15) is 11.6 Å². The van der Waals surface area contributed by atoms with Crippen LogP contribution in [0.1, 0.15) is 5.69 Å². The summed E-state index contributed by atoms with van der Waals surface area (Å²) in [5.41, 5.74) is 1.22. The Labute approximate surface area is 108 Å². The maximum Gasteiger partial charge on any atom is 0.224 e. The summed E-state index contributed by atoms with van der Waals surface area (Å²) in [6.07, 6.45) is 0. The minimum absolute atomic E-state index is 0.134. The van der Waals surface area contributed by atoms with Crippen molar-refractivity contribution in [2.75, 3.05) is 5.32 Å². The molecule has 88 valence electrons. The maximum absolute atomic E-state index is 13.1. The summed E-state index contributed by atoms with van der Waals surface area (Å²) in [5.74, 6) is 0.0704. The van der Waals surface area contributed by atoms with Crippen LogP contribution in [-0.4, -0.2) is 9.97 Å². The Morgan fingerprint density at radius 1 is 1.12 bits per heavy atom. The summed E-state index contributed by atoms with van der Waals surface area (Å²) < 4.78 is 13.1. The Morgan fingerprint density at radius 2 is 1.88 bits per heavy atom. The van der Waals surface area contributed by atoms with Gasteiger partial charge >= 0.3 is 0 Å². The molecule has 0 unspecified atom stereocenters. The van der Waals surface area contributed by atoms with Crippen LogP contribution in [0.4, 0.5) is 15.9 Å². The van der Waals surface area contributed by atoms with Gasteiger partial charge in [-0.1, -0.05) is 11.6 Å². The summed E-state index contributed by atoms with van der Waals surface area (Å²) in [6.45, 7) is 1.79. The van der Waals surface area contributed by atoms with Gasteiger partial charge in [0.15, 0.2) is 0 Å². The molecule has 3 nitrogen and oxygen atoms in total. The predicted molar refractivity (Wildman–Crippen MR) is 66.5 cm³/mol. The van der Waals surface area contributed by atoms with E-state index in [2.05, 4.69) is 15.3 Å². The second-order valence-corrected chi connectivity index (χ2v) is 4.22. The molecule has 1 heterocycles. The van der Waals surface area contributed by atoms with Gasteiger partial charge in [-0.25, -0.2) is 14.4 Å². The van der Waals surface area contributed by atoms with E-state index in [1.54, 1.807) is 19.1 Å². The van der Waals surface area contributed by atoms with Crippen LogP contribution in [0.3, 0.4) is 0 Å². The van der Waals surface area contributed by atoms with Gasteiger partial charge in [0, 0.05) is 22.5 Å². The van der Waals surface area contributed by atoms with Crippen molar-refractivity contribution < 1.29 is 4.39 Å². The molecule has 0 aliphatic heterocycles. The van der Waals surface area contributed by atoms with Crippen molar-refractivity contribution in [1.29, 1.82) is 0 Å². The van der Waals surface area contributed by atoms with E-state index in [0.29, 0.717) is 16.5 Å². The molecule has 6 heteroatoms. The van der Waals surface area contributed by atoms with Gasteiger partial charge in [0.05, 0.1) is 0 Å². The molecule has 1 aromatic heterocycles. The second kappa shape index (κ2) is 4.85. The Bertz CT molecular complexity index is 470. The van der Waals surface area contributed by atoms with Crippen LogP contribution in [-0.2, 0) is 0 Å². The Balaban J connectivity index is 2.31. The van der Waals surface area contributed by atoms with Gasteiger partial charge in [0.2, 0.25) is 5.28 Å². The number of aromatic nitrogens is 2. The molecule has 2 aromatic rings. The number of hydrogen-bond donors (Lipinski definition) is 1. The van der Waals surface area contributed by atoms with E-state index >= 15 is 0 Å². The molecule has 0 aliphatic carbocycles. The molecular formula is C11H8Cl2FN3. The van der Waals surface area contributed by atoms with Gasteiger partial charge < -0.3 is 5.32 Å². The van der Waals surface area contributed by atoms with Crippen LogP contribution in [0, 0.1) is 12.7 Å². The van der Waals surface area contributed by atoms with Crippen molar-refractivity contribution in [1.82, 2.24) is 9.97 Å². The van der Waals surface area contributed by atoms with Crippen molar-refractivity contribution in [3.8, 4) is 0 Å². The first-order valence-corrected chi connectivity index (χ1v) is 5.53. The third kappa shape index (κ3) is 3.28. The molecule has 0 aliphatic rings. The maximum atomic E-state index is 13.1. The molecular weight excluding hydrogens is 264 g/mol. The molecule has 1 N–H and O–H groups in total. The van der Waals surface area contributed by atoms with Crippen LogP contribution >= 0.6 is 23.2 Å². The van der Waals surface area contributed by atoms with Crippen LogP contribution in [0.2, 0.25) is 10.3 Å². The first-order valence-electron chi connectivity index (χ1n) is 4.77. The fourth-order valence-corrected chi connectivity index (χ4v) is 1.82. The molecule has 0 bridgehead atoms. The van der Waals surface area contributed by atoms with E-state index in [9.17, 15) is 4.39 Å². The smallest absolute Gasteiger partial charge is 0.224 e. The Kier molecular flexibility index (Phi) is 3.45. The van der Waals surface area contributed by atoms with Crippen molar-refractivity contribution in [2.45, 2.75) is 6.92 Å². The Morgan fingerprint density at radius 3 is 2.53 bits per heavy atom. The predicted octanol–water partition coefficient (Wildman–Crippen LogP) is 3.97. The number of hydrogen-bond acceptors (Lipinski definition) is 3. The molecule has 1 aromatic carbocycles. The van der Waals surface area contributed by atoms with Gasteiger partial charge in [-0.15, -0.1) is 0 Å². The van der Waals surface area contributed by atoms with Crippen molar-refractivity contribution in [2.24, 2.45) is 0 Å². The highest BCUT2D eigenvalue weighted by molar-refractivity contribution is 6.30. The first-order chi connectivity index (χ1) is 8.02. The fraction of sp³-hybridized carbons (Fsp3) is 0.0909. The van der Waals surface area contributed by atoms with Gasteiger partial charge in [-0.3, -0.25) is 0 Å². The number of rotatable bonds is 2. The van der Waals surface area contributed by atoms with Gasteiger partial charge in [0.25, 0.3) is 0 Å². The van der Waals surface area contributed by atoms with Crippen molar-refractivity contribution >= 4 is 34.7 Å². The molecule has 0 saturated carbocycles. The van der Waals surface area contributed by atoms with Crippen LogP contribution in [0.15, 0.2) is 24.3 Å². The van der Waals surface area contributed by atoms with E-state index in [-0.39, 0.29) is 5.28 Å². The average Bonchev–Trinajstić information content (AvgIpc) is 2.13. The highest BCUT2D eigenvalue weighted by atomic mass is 35.5. The quantitative estimate of drug-likeness (QED) is 0.840. The highest BCUT2D eigenvalue weighted by Gasteiger charge is 2.03. The van der Waals surface area contributed by atoms with Gasteiger partial charge in [-0.2, -0.15) is 0 Å². The normalized spacial score (nSPS) is 10.4. The van der Waals surface area contributed by atoms with Crippen molar-refractivity contribution in [3.05, 3.63) is 46.1 Å². The first kappa shape index (κ1) is 12.1. The van der Waals surface area contributed by atoms with Crippen molar-refractivity contribution in [3.63, 3.8) is 0 Å². The van der Waals surface area contributed by atoms with E-state index in [4.69, 9.17) is 23.2 Å². The third-order valence-electron chi connectivity index (χ3n) is 1.96. The SMILES string of the molecule is Cc1cc(Nc2cc(F)cc(Cl)c2)nc(Cl)n1. The molecule has 0 radical (unpaired) electrons.